The van der Waals surface area contributed by atoms with Crippen LogP contribution in [-0.2, 0) is 28.6 Å². The molecule has 0 aromatic carbocycles. The Bertz CT molecular complexity index is 1310. The fourth-order valence-corrected chi connectivity index (χ4v) is 10.1. The number of rotatable bonds is 62. The third-order valence-corrected chi connectivity index (χ3v) is 15.1. The zero-order valence-corrected chi connectivity index (χ0v) is 51.0. The summed E-state index contributed by atoms with van der Waals surface area (Å²) in [4.78, 5) is 38.0. The molecule has 1 unspecified atom stereocenters. The van der Waals surface area contributed by atoms with Crippen LogP contribution in [0.5, 0.6) is 0 Å². The van der Waals surface area contributed by atoms with E-state index in [0.29, 0.717) is 19.3 Å². The molecule has 0 saturated carbocycles. The molecular weight excluding hydrogens is 937 g/mol. The minimum absolute atomic E-state index is 0.0679. The van der Waals surface area contributed by atoms with Crippen molar-refractivity contribution < 1.29 is 28.6 Å². The summed E-state index contributed by atoms with van der Waals surface area (Å²) in [7, 11) is 0. The minimum Gasteiger partial charge on any atom is -0.462 e. The molecule has 0 aliphatic rings. The largest absolute Gasteiger partial charge is 0.462 e. The van der Waals surface area contributed by atoms with Crippen LogP contribution in [0, 0.1) is 0 Å². The monoisotopic (exact) mass is 1060 g/mol. The Hall–Kier alpha value is -2.63. The highest BCUT2D eigenvalue weighted by molar-refractivity contribution is 5.71. The van der Waals surface area contributed by atoms with Gasteiger partial charge in [-0.25, -0.2) is 0 Å². The number of carbonyl (C=O) groups excluding carboxylic acids is 3. The molecule has 444 valence electrons. The lowest BCUT2D eigenvalue weighted by Gasteiger charge is -2.18. The average Bonchev–Trinajstić information content (AvgIpc) is 3.42. The second-order valence-corrected chi connectivity index (χ2v) is 22.7. The molecule has 76 heavy (non-hydrogen) atoms. The summed E-state index contributed by atoms with van der Waals surface area (Å²) in [6.45, 7) is 6.51. The molecule has 0 aliphatic heterocycles. The molecule has 0 aliphatic carbocycles. The van der Waals surface area contributed by atoms with E-state index in [1.54, 1.807) is 0 Å². The van der Waals surface area contributed by atoms with E-state index in [-0.39, 0.29) is 31.1 Å². The Morgan fingerprint density at radius 1 is 0.276 bits per heavy atom. The van der Waals surface area contributed by atoms with E-state index in [2.05, 4.69) is 69.4 Å². The van der Waals surface area contributed by atoms with Crippen molar-refractivity contribution in [3.05, 3.63) is 48.6 Å². The van der Waals surface area contributed by atoms with E-state index in [9.17, 15) is 14.4 Å². The van der Waals surface area contributed by atoms with Crippen LogP contribution >= 0.6 is 0 Å². The van der Waals surface area contributed by atoms with Gasteiger partial charge in [0.05, 0.1) is 0 Å². The van der Waals surface area contributed by atoms with Crippen molar-refractivity contribution in [1.82, 2.24) is 0 Å². The Morgan fingerprint density at radius 2 is 0.513 bits per heavy atom. The number of hydrogen-bond acceptors (Lipinski definition) is 6. The van der Waals surface area contributed by atoms with E-state index in [4.69, 9.17) is 14.2 Å². The van der Waals surface area contributed by atoms with Crippen molar-refractivity contribution >= 4 is 17.9 Å². The van der Waals surface area contributed by atoms with Crippen molar-refractivity contribution in [3.63, 3.8) is 0 Å². The Kier molecular flexibility index (Phi) is 62.6. The van der Waals surface area contributed by atoms with Crippen molar-refractivity contribution in [2.45, 2.75) is 367 Å². The van der Waals surface area contributed by atoms with E-state index in [1.165, 1.54) is 231 Å². The fourth-order valence-electron chi connectivity index (χ4n) is 10.1. The van der Waals surface area contributed by atoms with E-state index >= 15 is 0 Å². The fraction of sp³-hybridized carbons (Fsp3) is 0.843. The molecule has 0 fully saturated rings. The molecule has 6 nitrogen and oxygen atoms in total. The van der Waals surface area contributed by atoms with Crippen molar-refractivity contribution in [1.29, 1.82) is 0 Å². The third-order valence-electron chi connectivity index (χ3n) is 15.1. The zero-order valence-electron chi connectivity index (χ0n) is 51.0. The molecule has 6 heteroatoms. The Morgan fingerprint density at radius 3 is 0.803 bits per heavy atom. The second-order valence-electron chi connectivity index (χ2n) is 22.7. The molecule has 0 amide bonds. The molecular formula is C70H128O6. The number of unbranched alkanes of at least 4 members (excludes halogenated alkanes) is 43. The first-order valence-corrected chi connectivity index (χ1v) is 33.6. The van der Waals surface area contributed by atoms with Gasteiger partial charge in [0.25, 0.3) is 0 Å². The van der Waals surface area contributed by atoms with Gasteiger partial charge in [-0.1, -0.05) is 333 Å². The summed E-state index contributed by atoms with van der Waals surface area (Å²) in [6.07, 6.45) is 81.9. The van der Waals surface area contributed by atoms with Gasteiger partial charge in [-0.2, -0.15) is 0 Å². The zero-order chi connectivity index (χ0) is 55.0. The summed E-state index contributed by atoms with van der Waals surface area (Å²) in [5.74, 6) is -0.859. The molecule has 0 bridgehead atoms. The van der Waals surface area contributed by atoms with Crippen LogP contribution in [0.4, 0.5) is 0 Å². The van der Waals surface area contributed by atoms with Crippen LogP contribution in [0.25, 0.3) is 0 Å². The number of hydrogen-bond donors (Lipinski definition) is 0. The van der Waals surface area contributed by atoms with Gasteiger partial charge in [-0.05, 0) is 57.8 Å². The SMILES string of the molecule is CC/C=C\C/C=C\C/C=C\C/C=C\CCCCCCCCCCCCCCCCCCC(=O)OCC(COC(=O)CCCCCCC)OC(=O)CCCCCCCCCCCCCCCCCCCCCCCCCC. The minimum atomic E-state index is -0.766. The maximum atomic E-state index is 12.8. The normalized spacial score (nSPS) is 12.3. The number of ether oxygens (including phenoxy) is 3. The lowest BCUT2D eigenvalue weighted by atomic mass is 10.0. The van der Waals surface area contributed by atoms with Gasteiger partial charge in [0, 0.05) is 19.3 Å². The number of esters is 3. The Balaban J connectivity index is 3.95. The summed E-state index contributed by atoms with van der Waals surface area (Å²) in [6, 6.07) is 0. The number of carbonyl (C=O) groups is 3. The van der Waals surface area contributed by atoms with Crippen LogP contribution in [0.15, 0.2) is 48.6 Å². The van der Waals surface area contributed by atoms with Gasteiger partial charge in [-0.15, -0.1) is 0 Å². The lowest BCUT2D eigenvalue weighted by Crippen LogP contribution is -2.30. The summed E-state index contributed by atoms with van der Waals surface area (Å²) in [5.41, 5.74) is 0. The van der Waals surface area contributed by atoms with Crippen LogP contribution in [0.3, 0.4) is 0 Å². The highest BCUT2D eigenvalue weighted by Crippen LogP contribution is 2.18. The molecule has 0 rings (SSSR count). The van der Waals surface area contributed by atoms with Gasteiger partial charge in [-0.3, -0.25) is 14.4 Å². The van der Waals surface area contributed by atoms with Crippen molar-refractivity contribution in [3.8, 4) is 0 Å². The Labute approximate surface area is 473 Å². The van der Waals surface area contributed by atoms with Gasteiger partial charge in [0.2, 0.25) is 0 Å². The van der Waals surface area contributed by atoms with Crippen LogP contribution < -0.4 is 0 Å². The van der Waals surface area contributed by atoms with Crippen molar-refractivity contribution in [2.75, 3.05) is 13.2 Å². The molecule has 0 spiro atoms. The molecule has 0 heterocycles. The molecule has 0 radical (unpaired) electrons. The van der Waals surface area contributed by atoms with Crippen molar-refractivity contribution in [2.24, 2.45) is 0 Å². The topological polar surface area (TPSA) is 78.9 Å². The molecule has 0 aromatic heterocycles. The summed E-state index contributed by atoms with van der Waals surface area (Å²) >= 11 is 0. The maximum absolute atomic E-state index is 12.8. The van der Waals surface area contributed by atoms with Gasteiger partial charge < -0.3 is 14.2 Å². The lowest BCUT2D eigenvalue weighted by molar-refractivity contribution is -0.167. The van der Waals surface area contributed by atoms with Gasteiger partial charge in [0.1, 0.15) is 13.2 Å². The molecule has 1 atom stereocenters. The maximum Gasteiger partial charge on any atom is 0.306 e. The van der Waals surface area contributed by atoms with E-state index in [0.717, 1.165) is 89.9 Å². The molecule has 0 aromatic rings. The summed E-state index contributed by atoms with van der Waals surface area (Å²) in [5, 5.41) is 0. The predicted molar refractivity (Wildman–Crippen MR) is 330 cm³/mol. The highest BCUT2D eigenvalue weighted by atomic mass is 16.6. The quantitative estimate of drug-likeness (QED) is 0.0261. The third kappa shape index (κ3) is 62.2. The van der Waals surface area contributed by atoms with Gasteiger partial charge >= 0.3 is 17.9 Å². The standard InChI is InChI=1S/C70H128O6/c1-4-7-10-13-15-17-19-21-23-25-27-29-31-33-34-35-36-37-39-40-42-44-46-48-50-52-54-57-60-63-69(72)75-66-67(65-74-68(71)62-59-56-12-9-6-3)76-70(73)64-61-58-55-53-51-49-47-45-43-41-38-32-30-28-26-24-22-20-18-16-14-11-8-5-2/h7,10,15,17,21,23,27,29,67H,4-6,8-9,11-14,16,18-20,22,24-26,28,30-66H2,1-3H3/b10-7-,17-15-,23-21-,29-27-. The van der Waals surface area contributed by atoms with E-state index in [1.807, 2.05) is 0 Å². The van der Waals surface area contributed by atoms with Crippen LogP contribution in [-0.4, -0.2) is 37.2 Å². The van der Waals surface area contributed by atoms with Gasteiger partial charge in [0.15, 0.2) is 6.10 Å². The van der Waals surface area contributed by atoms with Crippen LogP contribution in [0.1, 0.15) is 361 Å². The first kappa shape index (κ1) is 73.4. The first-order valence-electron chi connectivity index (χ1n) is 33.6. The first-order chi connectivity index (χ1) is 37.5. The van der Waals surface area contributed by atoms with E-state index < -0.39 is 6.10 Å². The summed E-state index contributed by atoms with van der Waals surface area (Å²) < 4.78 is 16.8. The van der Waals surface area contributed by atoms with Crippen LogP contribution in [0.2, 0.25) is 0 Å². The molecule has 0 saturated heterocycles. The smallest absolute Gasteiger partial charge is 0.306 e. The molecule has 0 N–H and O–H groups in total. The second kappa shape index (κ2) is 64.9. The number of allylic oxidation sites excluding steroid dienone is 8. The predicted octanol–water partition coefficient (Wildman–Crippen LogP) is 22.9. The average molecular weight is 1070 g/mol. The highest BCUT2D eigenvalue weighted by Gasteiger charge is 2.19.